The standard InChI is InChI=1S/C29H29N3O5S/c1-2-34-28(33)18-24-21-38-29(31-24)32-30-19-22-8-10-25(11-9-22)35-16-17-36-26-12-14-27(15-13-26)37-20-23-6-4-3-5-7-23/h3-15,19,21H,2,16-18,20H2,1H3,(H,31,32). The first-order chi connectivity index (χ1) is 18.7. The summed E-state index contributed by atoms with van der Waals surface area (Å²) >= 11 is 1.38. The van der Waals surface area contributed by atoms with Gasteiger partial charge in [0.25, 0.3) is 0 Å². The molecule has 1 heterocycles. The highest BCUT2D eigenvalue weighted by Crippen LogP contribution is 2.19. The molecule has 0 radical (unpaired) electrons. The van der Waals surface area contributed by atoms with Crippen molar-refractivity contribution < 1.29 is 23.7 Å². The number of carbonyl (C=O) groups excluding carboxylic acids is 1. The smallest absolute Gasteiger partial charge is 0.311 e. The first-order valence-electron chi connectivity index (χ1n) is 12.2. The van der Waals surface area contributed by atoms with Gasteiger partial charge >= 0.3 is 5.97 Å². The van der Waals surface area contributed by atoms with Crippen molar-refractivity contribution in [3.8, 4) is 17.2 Å². The van der Waals surface area contributed by atoms with E-state index in [9.17, 15) is 4.79 Å². The molecule has 0 saturated heterocycles. The number of aromatic nitrogens is 1. The Hall–Kier alpha value is -4.37. The Bertz CT molecular complexity index is 1290. The van der Waals surface area contributed by atoms with Crippen LogP contribution in [0.4, 0.5) is 5.13 Å². The minimum absolute atomic E-state index is 0.151. The molecule has 0 aliphatic carbocycles. The summed E-state index contributed by atoms with van der Waals surface area (Å²) in [6.07, 6.45) is 1.84. The van der Waals surface area contributed by atoms with Crippen molar-refractivity contribution in [2.45, 2.75) is 20.0 Å². The third-order valence-corrected chi connectivity index (χ3v) is 5.93. The van der Waals surface area contributed by atoms with Gasteiger partial charge in [0.15, 0.2) is 0 Å². The van der Waals surface area contributed by atoms with E-state index in [0.717, 1.165) is 28.4 Å². The molecular weight excluding hydrogens is 502 g/mol. The lowest BCUT2D eigenvalue weighted by Gasteiger charge is -2.10. The highest BCUT2D eigenvalue weighted by molar-refractivity contribution is 7.13. The molecule has 9 heteroatoms. The van der Waals surface area contributed by atoms with E-state index in [1.165, 1.54) is 11.3 Å². The summed E-state index contributed by atoms with van der Waals surface area (Å²) in [6, 6.07) is 25.2. The van der Waals surface area contributed by atoms with Crippen molar-refractivity contribution >= 4 is 28.7 Å². The SMILES string of the molecule is CCOC(=O)Cc1csc(NN=Cc2ccc(OCCOc3ccc(OCc4ccccc4)cc3)cc2)n1. The second-order valence-electron chi connectivity index (χ2n) is 8.01. The number of carbonyl (C=O) groups is 1. The van der Waals surface area contributed by atoms with Gasteiger partial charge in [-0.1, -0.05) is 30.3 Å². The zero-order valence-electron chi connectivity index (χ0n) is 21.0. The lowest BCUT2D eigenvalue weighted by molar-refractivity contribution is -0.142. The summed E-state index contributed by atoms with van der Waals surface area (Å²) in [5, 5.41) is 6.61. The van der Waals surface area contributed by atoms with Crippen LogP contribution in [0.25, 0.3) is 0 Å². The van der Waals surface area contributed by atoms with Gasteiger partial charge in [0.2, 0.25) is 5.13 Å². The van der Waals surface area contributed by atoms with E-state index < -0.39 is 0 Å². The summed E-state index contributed by atoms with van der Waals surface area (Å²) in [4.78, 5) is 15.9. The number of hydrazone groups is 1. The molecule has 4 rings (SSSR count). The zero-order valence-corrected chi connectivity index (χ0v) is 21.9. The average molecular weight is 532 g/mol. The van der Waals surface area contributed by atoms with Gasteiger partial charge in [0.1, 0.15) is 37.1 Å². The molecule has 8 nitrogen and oxygen atoms in total. The third-order valence-electron chi connectivity index (χ3n) is 5.13. The van der Waals surface area contributed by atoms with Crippen molar-refractivity contribution in [3.63, 3.8) is 0 Å². The molecule has 0 saturated carbocycles. The quantitative estimate of drug-likeness (QED) is 0.0961. The predicted molar refractivity (Wildman–Crippen MR) is 148 cm³/mol. The summed E-state index contributed by atoms with van der Waals surface area (Å²) in [5.41, 5.74) is 5.56. The number of rotatable bonds is 14. The number of hydrogen-bond acceptors (Lipinski definition) is 9. The van der Waals surface area contributed by atoms with Crippen LogP contribution in [0.2, 0.25) is 0 Å². The molecule has 0 unspecified atom stereocenters. The number of thiazole rings is 1. The minimum atomic E-state index is -0.291. The fourth-order valence-corrected chi connectivity index (χ4v) is 3.96. The first kappa shape index (κ1) is 26.7. The average Bonchev–Trinajstić information content (AvgIpc) is 3.39. The van der Waals surface area contributed by atoms with Gasteiger partial charge in [-0.25, -0.2) is 4.98 Å². The molecule has 196 valence electrons. The van der Waals surface area contributed by atoms with Crippen molar-refractivity contribution in [1.82, 2.24) is 4.98 Å². The molecule has 38 heavy (non-hydrogen) atoms. The zero-order chi connectivity index (χ0) is 26.4. The first-order valence-corrected chi connectivity index (χ1v) is 13.1. The summed E-state index contributed by atoms with van der Waals surface area (Å²) in [5.74, 6) is 2.00. The number of esters is 1. The molecule has 0 fully saturated rings. The van der Waals surface area contributed by atoms with E-state index in [-0.39, 0.29) is 12.4 Å². The van der Waals surface area contributed by atoms with Crippen LogP contribution in [0.1, 0.15) is 23.7 Å². The van der Waals surface area contributed by atoms with E-state index in [0.29, 0.717) is 37.3 Å². The van der Waals surface area contributed by atoms with Gasteiger partial charge in [0.05, 0.1) is 24.9 Å². The van der Waals surface area contributed by atoms with E-state index in [1.54, 1.807) is 18.5 Å². The lowest BCUT2D eigenvalue weighted by Crippen LogP contribution is -2.09. The van der Waals surface area contributed by atoms with Crippen LogP contribution in [-0.4, -0.2) is 37.0 Å². The summed E-state index contributed by atoms with van der Waals surface area (Å²) in [7, 11) is 0. The second-order valence-corrected chi connectivity index (χ2v) is 8.87. The van der Waals surface area contributed by atoms with Crippen LogP contribution in [0.5, 0.6) is 17.2 Å². The van der Waals surface area contributed by atoms with Gasteiger partial charge in [-0.15, -0.1) is 11.3 Å². The Morgan fingerprint density at radius 3 is 2.18 bits per heavy atom. The van der Waals surface area contributed by atoms with Crippen LogP contribution in [0.3, 0.4) is 0 Å². The number of nitrogens with one attached hydrogen (secondary N) is 1. The molecule has 0 aliphatic heterocycles. The molecule has 0 aliphatic rings. The van der Waals surface area contributed by atoms with E-state index in [4.69, 9.17) is 18.9 Å². The molecular formula is C29H29N3O5S. The lowest BCUT2D eigenvalue weighted by atomic mass is 10.2. The maximum absolute atomic E-state index is 11.5. The second kappa shape index (κ2) is 14.4. The Morgan fingerprint density at radius 1 is 0.895 bits per heavy atom. The molecule has 0 bridgehead atoms. The maximum Gasteiger partial charge on any atom is 0.311 e. The Morgan fingerprint density at radius 2 is 1.53 bits per heavy atom. The normalized spacial score (nSPS) is 10.8. The number of benzene rings is 3. The third kappa shape index (κ3) is 8.94. The summed E-state index contributed by atoms with van der Waals surface area (Å²) in [6.45, 7) is 3.50. The highest BCUT2D eigenvalue weighted by Gasteiger charge is 2.08. The van der Waals surface area contributed by atoms with Gasteiger partial charge in [0, 0.05) is 5.38 Å². The molecule has 4 aromatic rings. The van der Waals surface area contributed by atoms with Crippen LogP contribution in [0, 0.1) is 0 Å². The maximum atomic E-state index is 11.5. The van der Waals surface area contributed by atoms with Crippen molar-refractivity contribution in [3.05, 3.63) is 101 Å². The van der Waals surface area contributed by atoms with Crippen LogP contribution < -0.4 is 19.6 Å². The number of anilines is 1. The molecule has 3 aromatic carbocycles. The Balaban J connectivity index is 1.13. The van der Waals surface area contributed by atoms with Crippen molar-refractivity contribution in [2.75, 3.05) is 25.2 Å². The van der Waals surface area contributed by atoms with E-state index in [2.05, 4.69) is 15.5 Å². The minimum Gasteiger partial charge on any atom is -0.490 e. The largest absolute Gasteiger partial charge is 0.490 e. The van der Waals surface area contributed by atoms with Crippen molar-refractivity contribution in [2.24, 2.45) is 5.10 Å². The Labute approximate surface area is 225 Å². The van der Waals surface area contributed by atoms with Crippen LogP contribution in [0.15, 0.2) is 89.3 Å². The number of nitrogens with zero attached hydrogens (tertiary/aromatic N) is 2. The number of hydrogen-bond donors (Lipinski definition) is 1. The van der Waals surface area contributed by atoms with E-state index >= 15 is 0 Å². The monoisotopic (exact) mass is 531 g/mol. The fraction of sp³-hybridized carbons (Fsp3) is 0.207. The molecule has 1 aromatic heterocycles. The summed E-state index contributed by atoms with van der Waals surface area (Å²) < 4.78 is 22.3. The van der Waals surface area contributed by atoms with Gasteiger partial charge in [-0.2, -0.15) is 5.10 Å². The van der Waals surface area contributed by atoms with Gasteiger partial charge < -0.3 is 18.9 Å². The molecule has 1 N–H and O–H groups in total. The topological polar surface area (TPSA) is 91.3 Å². The highest BCUT2D eigenvalue weighted by atomic mass is 32.1. The van der Waals surface area contributed by atoms with Crippen LogP contribution in [-0.2, 0) is 22.6 Å². The van der Waals surface area contributed by atoms with Gasteiger partial charge in [-0.05, 0) is 66.6 Å². The van der Waals surface area contributed by atoms with E-state index in [1.807, 2.05) is 78.9 Å². The number of ether oxygens (including phenoxy) is 4. The van der Waals surface area contributed by atoms with Gasteiger partial charge in [-0.3, -0.25) is 10.2 Å². The molecule has 0 spiro atoms. The fourth-order valence-electron chi connectivity index (χ4n) is 3.30. The Kier molecular flexibility index (Phi) is 10.1. The van der Waals surface area contributed by atoms with Crippen LogP contribution >= 0.6 is 11.3 Å². The molecule has 0 atom stereocenters. The predicted octanol–water partition coefficient (Wildman–Crippen LogP) is 5.73. The van der Waals surface area contributed by atoms with Crippen molar-refractivity contribution in [1.29, 1.82) is 0 Å². The molecule has 0 amide bonds.